The Balaban J connectivity index is 1.59. The number of allylic oxidation sites excluding steroid dienone is 1. The van der Waals surface area contributed by atoms with Crippen LogP contribution in [0.1, 0.15) is 99.3 Å². The normalized spacial score (nSPS) is 16.0. The topological polar surface area (TPSA) is 0 Å². The highest BCUT2D eigenvalue weighted by molar-refractivity contribution is 5.54. The zero-order chi connectivity index (χ0) is 23.7. The zero-order valence-electron chi connectivity index (χ0n) is 19.3. The fourth-order valence-electron chi connectivity index (χ4n) is 4.24. The van der Waals surface area contributed by atoms with E-state index in [1.807, 2.05) is 30.3 Å². The van der Waals surface area contributed by atoms with Crippen LogP contribution in [0.4, 0.5) is 17.6 Å². The summed E-state index contributed by atoms with van der Waals surface area (Å²) < 4.78 is 55.5. The Morgan fingerprint density at radius 3 is 2.12 bits per heavy atom. The van der Waals surface area contributed by atoms with Crippen LogP contribution in [0.2, 0.25) is 0 Å². The van der Waals surface area contributed by atoms with Crippen LogP contribution >= 0.6 is 0 Å². The molecule has 0 unspecified atom stereocenters. The van der Waals surface area contributed by atoms with Crippen LogP contribution in [-0.4, -0.2) is 5.92 Å². The van der Waals surface area contributed by atoms with Gasteiger partial charge in [-0.2, -0.15) is 0 Å². The van der Waals surface area contributed by atoms with E-state index in [-0.39, 0.29) is 29.9 Å². The standard InChI is InChI=1S/C29H32F4/c1-2-3-4-5-6-7-8-9-26-27(30)20-23(21-28(26)31)11-10-22-12-14-24(15-13-22)25-16-18-29(32,33)19-17-25/h8-9,12-15,20-21,25H,2-7,16-19H2,1H3/b9-8+. The van der Waals surface area contributed by atoms with Gasteiger partial charge in [0.1, 0.15) is 11.6 Å². The molecule has 1 aliphatic rings. The lowest BCUT2D eigenvalue weighted by atomic mass is 9.82. The minimum Gasteiger partial charge on any atom is -0.207 e. The Kier molecular flexibility index (Phi) is 9.18. The minimum atomic E-state index is -2.54. The molecule has 33 heavy (non-hydrogen) atoms. The van der Waals surface area contributed by atoms with Crippen molar-refractivity contribution >= 4 is 6.08 Å². The van der Waals surface area contributed by atoms with E-state index >= 15 is 0 Å². The molecule has 2 aromatic rings. The highest BCUT2D eigenvalue weighted by Gasteiger charge is 2.35. The summed E-state index contributed by atoms with van der Waals surface area (Å²) in [5.41, 5.74) is 2.00. The molecule has 0 atom stereocenters. The first-order chi connectivity index (χ1) is 15.9. The Bertz CT molecular complexity index is 960. The zero-order valence-corrected chi connectivity index (χ0v) is 19.3. The average molecular weight is 457 g/mol. The molecule has 1 saturated carbocycles. The van der Waals surface area contributed by atoms with Crippen LogP contribution in [0.15, 0.2) is 42.5 Å². The molecule has 0 aromatic heterocycles. The summed E-state index contributed by atoms with van der Waals surface area (Å²) in [6.07, 6.45) is 10.7. The van der Waals surface area contributed by atoms with E-state index in [1.165, 1.54) is 37.5 Å². The van der Waals surface area contributed by atoms with E-state index in [0.29, 0.717) is 18.4 Å². The van der Waals surface area contributed by atoms with Crippen molar-refractivity contribution in [1.82, 2.24) is 0 Å². The summed E-state index contributed by atoms with van der Waals surface area (Å²) in [6, 6.07) is 10.0. The molecule has 1 aliphatic carbocycles. The highest BCUT2D eigenvalue weighted by atomic mass is 19.3. The minimum absolute atomic E-state index is 0.0310. The van der Waals surface area contributed by atoms with Gasteiger partial charge in [0.15, 0.2) is 0 Å². The molecule has 0 heterocycles. The summed E-state index contributed by atoms with van der Waals surface area (Å²) in [6.45, 7) is 2.17. The van der Waals surface area contributed by atoms with Gasteiger partial charge in [0.2, 0.25) is 5.92 Å². The third kappa shape index (κ3) is 7.77. The van der Waals surface area contributed by atoms with Gasteiger partial charge in [0.05, 0.1) is 0 Å². The molecular formula is C29H32F4. The van der Waals surface area contributed by atoms with Crippen molar-refractivity contribution in [3.8, 4) is 11.8 Å². The largest absolute Gasteiger partial charge is 0.248 e. The monoisotopic (exact) mass is 456 g/mol. The van der Waals surface area contributed by atoms with Gasteiger partial charge in [0, 0.05) is 29.5 Å². The summed E-state index contributed by atoms with van der Waals surface area (Å²) >= 11 is 0. The highest BCUT2D eigenvalue weighted by Crippen LogP contribution is 2.40. The number of rotatable bonds is 8. The quantitative estimate of drug-likeness (QED) is 0.211. The Labute approximate surface area is 195 Å². The number of hydrogen-bond donors (Lipinski definition) is 0. The van der Waals surface area contributed by atoms with Gasteiger partial charge in [-0.15, -0.1) is 0 Å². The smallest absolute Gasteiger partial charge is 0.207 e. The Morgan fingerprint density at radius 2 is 1.48 bits per heavy atom. The second kappa shape index (κ2) is 12.1. The molecule has 0 bridgehead atoms. The van der Waals surface area contributed by atoms with Gasteiger partial charge in [-0.05, 0) is 61.4 Å². The van der Waals surface area contributed by atoms with Crippen molar-refractivity contribution in [2.24, 2.45) is 0 Å². The van der Waals surface area contributed by atoms with Crippen LogP contribution in [0, 0.1) is 23.5 Å². The lowest BCUT2D eigenvalue weighted by Crippen LogP contribution is -2.23. The number of benzene rings is 2. The molecular weight excluding hydrogens is 424 g/mol. The summed E-state index contributed by atoms with van der Waals surface area (Å²) in [5.74, 6) is 2.13. The first-order valence-corrected chi connectivity index (χ1v) is 12.0. The van der Waals surface area contributed by atoms with E-state index in [9.17, 15) is 17.6 Å². The number of hydrogen-bond acceptors (Lipinski definition) is 0. The van der Waals surface area contributed by atoms with Crippen LogP contribution in [0.25, 0.3) is 6.08 Å². The van der Waals surface area contributed by atoms with Crippen molar-refractivity contribution < 1.29 is 17.6 Å². The second-order valence-corrected chi connectivity index (χ2v) is 8.96. The second-order valence-electron chi connectivity index (χ2n) is 8.96. The van der Waals surface area contributed by atoms with E-state index in [1.54, 1.807) is 0 Å². The fourth-order valence-corrected chi connectivity index (χ4v) is 4.24. The molecule has 0 radical (unpaired) electrons. The summed E-state index contributed by atoms with van der Waals surface area (Å²) in [5, 5.41) is 0. The van der Waals surface area contributed by atoms with Gasteiger partial charge in [0.25, 0.3) is 0 Å². The summed E-state index contributed by atoms with van der Waals surface area (Å²) in [4.78, 5) is 0. The maximum atomic E-state index is 14.4. The first-order valence-electron chi connectivity index (χ1n) is 12.0. The van der Waals surface area contributed by atoms with Crippen LogP contribution in [0.5, 0.6) is 0 Å². The fraction of sp³-hybridized carbons (Fsp3) is 0.448. The number of unbranched alkanes of at least 4 members (excludes halogenated alkanes) is 5. The van der Waals surface area contributed by atoms with Gasteiger partial charge in [-0.1, -0.05) is 68.7 Å². The van der Waals surface area contributed by atoms with Gasteiger partial charge in [-0.25, -0.2) is 17.6 Å². The van der Waals surface area contributed by atoms with Gasteiger partial charge < -0.3 is 0 Å². The Morgan fingerprint density at radius 1 is 0.879 bits per heavy atom. The van der Waals surface area contributed by atoms with Crippen molar-refractivity contribution in [2.75, 3.05) is 0 Å². The molecule has 0 N–H and O–H groups in total. The van der Waals surface area contributed by atoms with Crippen LogP contribution in [-0.2, 0) is 0 Å². The molecule has 0 saturated heterocycles. The van der Waals surface area contributed by atoms with Crippen molar-refractivity contribution in [3.05, 3.63) is 76.4 Å². The van der Waals surface area contributed by atoms with Crippen molar-refractivity contribution in [3.63, 3.8) is 0 Å². The number of halogens is 4. The van der Waals surface area contributed by atoms with Crippen molar-refractivity contribution in [2.45, 2.75) is 83.0 Å². The van der Waals surface area contributed by atoms with Crippen LogP contribution in [0.3, 0.4) is 0 Å². The molecule has 1 fully saturated rings. The van der Waals surface area contributed by atoms with E-state index in [2.05, 4.69) is 18.8 Å². The SMILES string of the molecule is CCCCCCC/C=C/c1c(F)cc(C#Cc2ccc(C3CCC(F)(F)CC3)cc2)cc1F. The van der Waals surface area contributed by atoms with E-state index in [0.717, 1.165) is 24.8 Å². The molecule has 2 aromatic carbocycles. The van der Waals surface area contributed by atoms with E-state index < -0.39 is 17.6 Å². The molecule has 3 rings (SSSR count). The molecule has 176 valence electrons. The average Bonchev–Trinajstić information content (AvgIpc) is 2.79. The molecule has 0 aliphatic heterocycles. The third-order valence-corrected chi connectivity index (χ3v) is 6.29. The molecule has 0 amide bonds. The van der Waals surface area contributed by atoms with Gasteiger partial charge in [-0.3, -0.25) is 0 Å². The molecule has 4 heteroatoms. The van der Waals surface area contributed by atoms with Crippen molar-refractivity contribution in [1.29, 1.82) is 0 Å². The summed E-state index contributed by atoms with van der Waals surface area (Å²) in [7, 11) is 0. The lowest BCUT2D eigenvalue weighted by molar-refractivity contribution is -0.0382. The molecule has 0 spiro atoms. The maximum absolute atomic E-state index is 14.4. The van der Waals surface area contributed by atoms with Crippen LogP contribution < -0.4 is 0 Å². The Hall–Kier alpha value is -2.54. The first kappa shape index (κ1) is 25.1. The van der Waals surface area contributed by atoms with E-state index in [4.69, 9.17) is 0 Å². The third-order valence-electron chi connectivity index (χ3n) is 6.29. The molecule has 0 nitrogen and oxygen atoms in total. The predicted molar refractivity (Wildman–Crippen MR) is 127 cm³/mol. The lowest BCUT2D eigenvalue weighted by Gasteiger charge is -2.28. The predicted octanol–water partition coefficient (Wildman–Crippen LogP) is 9.03. The maximum Gasteiger partial charge on any atom is 0.248 e. The van der Waals surface area contributed by atoms with Gasteiger partial charge >= 0.3 is 0 Å². The number of alkyl halides is 2.